The molecule has 2 aliphatic heterocycles. The quantitative estimate of drug-likeness (QED) is 0.400. The van der Waals surface area contributed by atoms with Gasteiger partial charge in [0.05, 0.1) is 11.1 Å². The van der Waals surface area contributed by atoms with Crippen molar-refractivity contribution in [3.05, 3.63) is 17.5 Å². The van der Waals surface area contributed by atoms with Gasteiger partial charge in [-0.05, 0) is 49.6 Å². The Kier molecular flexibility index (Phi) is 8.61. The van der Waals surface area contributed by atoms with Gasteiger partial charge in [-0.25, -0.2) is 0 Å². The molecule has 0 aliphatic carbocycles. The maximum absolute atomic E-state index is 5.66. The highest BCUT2D eigenvalue weighted by molar-refractivity contribution is 14.0. The molecule has 0 radical (unpaired) electrons. The maximum Gasteiger partial charge on any atom is 0.191 e. The van der Waals surface area contributed by atoms with Gasteiger partial charge >= 0.3 is 0 Å². The summed E-state index contributed by atoms with van der Waals surface area (Å²) in [4.78, 5) is 6.84. The van der Waals surface area contributed by atoms with Gasteiger partial charge in [-0.1, -0.05) is 0 Å². The van der Waals surface area contributed by atoms with Gasteiger partial charge in [-0.3, -0.25) is 4.99 Å². The molecule has 5 nitrogen and oxygen atoms in total. The molecule has 0 aromatic carbocycles. The summed E-state index contributed by atoms with van der Waals surface area (Å²) in [6.45, 7) is 4.09. The van der Waals surface area contributed by atoms with Crippen LogP contribution in [-0.4, -0.2) is 51.4 Å². The highest BCUT2D eigenvalue weighted by Gasteiger charge is 2.21. The molecule has 0 amide bonds. The Labute approximate surface area is 166 Å². The normalized spacial score (nSPS) is 22.3. The summed E-state index contributed by atoms with van der Waals surface area (Å²) in [6.07, 6.45) is 6.23. The zero-order chi connectivity index (χ0) is 15.9. The highest BCUT2D eigenvalue weighted by atomic mass is 127. The van der Waals surface area contributed by atoms with E-state index in [1.54, 1.807) is 0 Å². The third-order valence-corrected chi connectivity index (χ3v) is 5.59. The average Bonchev–Trinajstić information content (AvgIpc) is 3.28. The Morgan fingerprint density at radius 1 is 1.38 bits per heavy atom. The van der Waals surface area contributed by atoms with E-state index in [1.807, 2.05) is 18.4 Å². The smallest absolute Gasteiger partial charge is 0.191 e. The van der Waals surface area contributed by atoms with Crippen molar-refractivity contribution < 1.29 is 4.74 Å². The Hall–Kier alpha value is -0.540. The van der Waals surface area contributed by atoms with Crippen molar-refractivity contribution in [2.75, 3.05) is 38.2 Å². The first-order chi connectivity index (χ1) is 11.3. The monoisotopic (exact) mass is 464 g/mol. The average molecular weight is 464 g/mol. The van der Waals surface area contributed by atoms with Crippen LogP contribution in [-0.2, 0) is 4.74 Å². The van der Waals surface area contributed by atoms with Crippen LogP contribution >= 0.6 is 35.3 Å². The number of nitrogens with zero attached hydrogens (tertiary/aromatic N) is 2. The van der Waals surface area contributed by atoms with Crippen LogP contribution in [0.3, 0.4) is 0 Å². The molecule has 0 bridgehead atoms. The second kappa shape index (κ2) is 10.5. The number of halogens is 1. The molecule has 2 N–H and O–H groups in total. The van der Waals surface area contributed by atoms with Crippen molar-refractivity contribution in [2.24, 2.45) is 4.99 Å². The molecule has 24 heavy (non-hydrogen) atoms. The van der Waals surface area contributed by atoms with Crippen molar-refractivity contribution >= 4 is 46.3 Å². The second-order valence-electron chi connectivity index (χ2n) is 6.28. The first kappa shape index (κ1) is 19.8. The Morgan fingerprint density at radius 2 is 2.21 bits per heavy atom. The molecular weight excluding hydrogens is 435 g/mol. The lowest BCUT2D eigenvalue weighted by molar-refractivity contribution is 0.105. The minimum absolute atomic E-state index is 0. The molecule has 7 heteroatoms. The van der Waals surface area contributed by atoms with Gasteiger partial charge in [0.1, 0.15) is 0 Å². The summed E-state index contributed by atoms with van der Waals surface area (Å²) in [7, 11) is 1.85. The Bertz CT molecular complexity index is 483. The SMILES string of the molecule is CN=C(NCCC1CCCO1)NC1CCN(c2cccs2)CC1.I. The molecule has 1 atom stereocenters. The number of aliphatic imine (C=N–C) groups is 1. The van der Waals surface area contributed by atoms with E-state index in [0.717, 1.165) is 51.5 Å². The van der Waals surface area contributed by atoms with E-state index < -0.39 is 0 Å². The number of ether oxygens (including phenoxy) is 1. The summed E-state index contributed by atoms with van der Waals surface area (Å²) < 4.78 is 5.66. The highest BCUT2D eigenvalue weighted by Crippen LogP contribution is 2.24. The van der Waals surface area contributed by atoms with E-state index in [4.69, 9.17) is 4.74 Å². The molecule has 2 saturated heterocycles. The number of guanidine groups is 1. The van der Waals surface area contributed by atoms with Crippen molar-refractivity contribution in [3.63, 3.8) is 0 Å². The van der Waals surface area contributed by atoms with Crippen LogP contribution in [0.4, 0.5) is 5.00 Å². The number of anilines is 1. The minimum atomic E-state index is 0. The van der Waals surface area contributed by atoms with Gasteiger partial charge in [0.15, 0.2) is 5.96 Å². The predicted octanol–water partition coefficient (Wildman–Crippen LogP) is 3.07. The Balaban J connectivity index is 0.00000208. The van der Waals surface area contributed by atoms with E-state index in [1.165, 1.54) is 17.8 Å². The third kappa shape index (κ3) is 5.77. The Morgan fingerprint density at radius 3 is 2.83 bits per heavy atom. The molecule has 0 saturated carbocycles. The second-order valence-corrected chi connectivity index (χ2v) is 7.21. The number of rotatable bonds is 5. The lowest BCUT2D eigenvalue weighted by Crippen LogP contribution is -2.49. The van der Waals surface area contributed by atoms with Gasteiger partial charge in [0.25, 0.3) is 0 Å². The van der Waals surface area contributed by atoms with Gasteiger partial charge in [-0.15, -0.1) is 35.3 Å². The number of hydrogen-bond donors (Lipinski definition) is 2. The summed E-state index contributed by atoms with van der Waals surface area (Å²) in [5.74, 6) is 0.928. The van der Waals surface area contributed by atoms with Gasteiger partial charge in [0.2, 0.25) is 0 Å². The summed E-state index contributed by atoms with van der Waals surface area (Å²) in [5, 5.41) is 10.5. The largest absolute Gasteiger partial charge is 0.378 e. The number of nitrogens with one attached hydrogen (secondary N) is 2. The van der Waals surface area contributed by atoms with Gasteiger partial charge in [-0.2, -0.15) is 0 Å². The van der Waals surface area contributed by atoms with E-state index in [2.05, 4.69) is 38.0 Å². The fraction of sp³-hybridized carbons (Fsp3) is 0.706. The standard InChI is InChI=1S/C17H28N4OS.HI/c1-18-17(19-9-6-15-4-2-12-22-15)20-14-7-10-21(11-8-14)16-5-3-13-23-16;/h3,5,13-15H,2,4,6-12H2,1H3,(H2,18,19,20);1H. The summed E-state index contributed by atoms with van der Waals surface area (Å²) in [6, 6.07) is 4.86. The fourth-order valence-corrected chi connectivity index (χ4v) is 4.09. The molecule has 0 spiro atoms. The van der Waals surface area contributed by atoms with Crippen LogP contribution in [0, 0.1) is 0 Å². The fourth-order valence-electron chi connectivity index (χ4n) is 3.31. The van der Waals surface area contributed by atoms with E-state index in [-0.39, 0.29) is 24.0 Å². The zero-order valence-electron chi connectivity index (χ0n) is 14.4. The van der Waals surface area contributed by atoms with E-state index in [0.29, 0.717) is 12.1 Å². The molecule has 2 fully saturated rings. The van der Waals surface area contributed by atoms with Crippen molar-refractivity contribution in [1.82, 2.24) is 10.6 Å². The van der Waals surface area contributed by atoms with Crippen LogP contribution in [0.2, 0.25) is 0 Å². The summed E-state index contributed by atoms with van der Waals surface area (Å²) in [5.41, 5.74) is 0. The van der Waals surface area contributed by atoms with Crippen LogP contribution in [0.1, 0.15) is 32.1 Å². The topological polar surface area (TPSA) is 48.9 Å². The summed E-state index contributed by atoms with van der Waals surface area (Å²) >= 11 is 1.83. The van der Waals surface area contributed by atoms with Crippen molar-refractivity contribution in [2.45, 2.75) is 44.2 Å². The minimum Gasteiger partial charge on any atom is -0.378 e. The lowest BCUT2D eigenvalue weighted by atomic mass is 10.1. The van der Waals surface area contributed by atoms with E-state index >= 15 is 0 Å². The van der Waals surface area contributed by atoms with Gasteiger partial charge in [0, 0.05) is 39.3 Å². The molecule has 1 aromatic heterocycles. The van der Waals surface area contributed by atoms with Gasteiger partial charge < -0.3 is 20.3 Å². The van der Waals surface area contributed by atoms with Crippen LogP contribution in [0.15, 0.2) is 22.5 Å². The zero-order valence-corrected chi connectivity index (χ0v) is 17.5. The third-order valence-electron chi connectivity index (χ3n) is 4.66. The predicted molar refractivity (Wildman–Crippen MR) is 113 cm³/mol. The lowest BCUT2D eigenvalue weighted by Gasteiger charge is -2.33. The molecule has 3 rings (SSSR count). The molecule has 136 valence electrons. The number of thiophene rings is 1. The van der Waals surface area contributed by atoms with Crippen molar-refractivity contribution in [1.29, 1.82) is 0 Å². The first-order valence-corrected chi connectivity index (χ1v) is 9.60. The molecule has 3 heterocycles. The van der Waals surface area contributed by atoms with Crippen LogP contribution in [0.25, 0.3) is 0 Å². The molecule has 1 unspecified atom stereocenters. The maximum atomic E-state index is 5.66. The van der Waals surface area contributed by atoms with Crippen molar-refractivity contribution in [3.8, 4) is 0 Å². The van der Waals surface area contributed by atoms with Crippen LogP contribution in [0.5, 0.6) is 0 Å². The molecule has 1 aromatic rings. The molecular formula is C17H29IN4OS. The number of piperidine rings is 1. The van der Waals surface area contributed by atoms with Crippen LogP contribution < -0.4 is 15.5 Å². The molecule has 2 aliphatic rings. The van der Waals surface area contributed by atoms with E-state index in [9.17, 15) is 0 Å². The number of hydrogen-bond acceptors (Lipinski definition) is 4. The first-order valence-electron chi connectivity index (χ1n) is 8.72.